The Bertz CT molecular complexity index is 1590. The van der Waals surface area contributed by atoms with Crippen molar-refractivity contribution in [2.24, 2.45) is 11.8 Å². The number of carbonyl (C=O) groups is 5. The first-order chi connectivity index (χ1) is 21.7. The Balaban J connectivity index is 1.35. The smallest absolute Gasteiger partial charge is 0.410 e. The van der Waals surface area contributed by atoms with E-state index in [0.29, 0.717) is 24.0 Å². The third-order valence-electron chi connectivity index (χ3n) is 8.96. The van der Waals surface area contributed by atoms with Gasteiger partial charge >= 0.3 is 6.09 Å². The van der Waals surface area contributed by atoms with E-state index in [-0.39, 0.29) is 32.5 Å². The number of ether oxygens (including phenoxy) is 1. The largest absolute Gasteiger partial charge is 0.444 e. The fourth-order valence-corrected chi connectivity index (χ4v) is 7.39. The highest BCUT2D eigenvalue weighted by atomic mass is 32.2. The molecule has 3 N–H and O–H groups in total. The highest BCUT2D eigenvalue weighted by Crippen LogP contribution is 2.45. The van der Waals surface area contributed by atoms with E-state index < -0.39 is 86.4 Å². The molecule has 0 radical (unpaired) electrons. The van der Waals surface area contributed by atoms with Crippen LogP contribution in [0.5, 0.6) is 0 Å². The first-order valence-corrected chi connectivity index (χ1v) is 16.7. The third kappa shape index (κ3) is 6.50. The lowest BCUT2D eigenvalue weighted by Gasteiger charge is -2.31. The summed E-state index contributed by atoms with van der Waals surface area (Å²) >= 11 is 0. The second-order valence-electron chi connectivity index (χ2n) is 12.6. The highest BCUT2D eigenvalue weighted by molar-refractivity contribution is 7.91. The predicted octanol–water partition coefficient (Wildman–Crippen LogP) is 1.24. The van der Waals surface area contributed by atoms with Crippen LogP contribution in [0.25, 0.3) is 0 Å². The molecule has 1 saturated heterocycles. The van der Waals surface area contributed by atoms with Crippen LogP contribution >= 0.6 is 0 Å². The van der Waals surface area contributed by atoms with Crippen LogP contribution in [0.2, 0.25) is 0 Å². The minimum absolute atomic E-state index is 0.00648. The Kier molecular flexibility index (Phi) is 8.99. The van der Waals surface area contributed by atoms with Crippen molar-refractivity contribution in [2.45, 2.75) is 81.6 Å². The number of sulfonamides is 1. The molecule has 1 aromatic rings. The lowest BCUT2D eigenvalue weighted by Crippen LogP contribution is -2.59. The molecule has 3 fully saturated rings. The summed E-state index contributed by atoms with van der Waals surface area (Å²) in [6.07, 6.45) is 1.57. The number of fused-ring (bicyclic) bond motifs is 1. The van der Waals surface area contributed by atoms with Gasteiger partial charge in [0.2, 0.25) is 27.7 Å². The topological polar surface area (TPSA) is 171 Å². The SMILES string of the molecule is C=CC(=O)N[C@@H](C(=O)N1C[C@H](OC(=O)N2Cc3cccc(F)c3C2)C[C@H]1C(=O)N[C@]1(C(=O)NS(=O)(=O)C2CC2)C[C@H]1C=C)C(C)C. The standard InChI is InChI=1S/C31H38FN5O8S/c1-5-19-13-31(19,29(41)35-46(43,44)21-10-11-21)34-27(39)24-12-20(15-37(24)28(40)26(17(3)4)33-25(38)6-2)45-30(42)36-14-18-8-7-9-23(32)22(18)16-36/h5-9,17,19-21,24,26H,1-2,10-16H2,3-4H3,(H,33,38)(H,34,39)(H,35,41)/t19-,20-,24+,26-,31-/m1/s1. The van der Waals surface area contributed by atoms with Crippen LogP contribution in [0.3, 0.4) is 0 Å². The van der Waals surface area contributed by atoms with Crippen molar-refractivity contribution in [2.75, 3.05) is 6.54 Å². The maximum absolute atomic E-state index is 14.3. The summed E-state index contributed by atoms with van der Waals surface area (Å²) in [5, 5.41) is 4.58. The van der Waals surface area contributed by atoms with Crippen molar-refractivity contribution in [3.8, 4) is 0 Å². The molecule has 0 spiro atoms. The van der Waals surface area contributed by atoms with Crippen molar-refractivity contribution in [1.82, 2.24) is 25.2 Å². The van der Waals surface area contributed by atoms with Gasteiger partial charge in [0.05, 0.1) is 18.3 Å². The van der Waals surface area contributed by atoms with E-state index in [2.05, 4.69) is 28.5 Å². The molecule has 5 atom stereocenters. The maximum Gasteiger partial charge on any atom is 0.410 e. The van der Waals surface area contributed by atoms with Crippen molar-refractivity contribution in [3.05, 3.63) is 60.5 Å². The quantitative estimate of drug-likeness (QED) is 0.235. The van der Waals surface area contributed by atoms with Crippen LogP contribution in [-0.4, -0.2) is 83.5 Å². The second kappa shape index (κ2) is 12.5. The normalized spacial score (nSPS) is 25.7. The lowest BCUT2D eigenvalue weighted by atomic mass is 10.0. The van der Waals surface area contributed by atoms with E-state index in [1.165, 1.54) is 21.9 Å². The van der Waals surface area contributed by atoms with E-state index in [1.54, 1.807) is 26.0 Å². The van der Waals surface area contributed by atoms with Gasteiger partial charge in [0.1, 0.15) is 29.5 Å². The summed E-state index contributed by atoms with van der Waals surface area (Å²) in [4.78, 5) is 68.8. The van der Waals surface area contributed by atoms with Gasteiger partial charge in [-0.05, 0) is 42.9 Å². The number of carbonyl (C=O) groups excluding carboxylic acids is 5. The molecule has 2 heterocycles. The van der Waals surface area contributed by atoms with Crippen molar-refractivity contribution >= 4 is 39.7 Å². The molecule has 15 heteroatoms. The summed E-state index contributed by atoms with van der Waals surface area (Å²) < 4.78 is 47.1. The minimum atomic E-state index is -3.91. The lowest BCUT2D eigenvalue weighted by molar-refractivity contribution is -0.143. The van der Waals surface area contributed by atoms with Crippen LogP contribution in [0.15, 0.2) is 43.5 Å². The molecule has 0 aromatic heterocycles. The Morgan fingerprint density at radius 2 is 1.85 bits per heavy atom. The molecular formula is C31H38FN5O8S. The van der Waals surface area contributed by atoms with Crippen molar-refractivity contribution in [3.63, 3.8) is 0 Å². The van der Waals surface area contributed by atoms with Gasteiger partial charge in [0, 0.05) is 24.4 Å². The molecule has 248 valence electrons. The van der Waals surface area contributed by atoms with Crippen molar-refractivity contribution < 1.29 is 41.5 Å². The first-order valence-electron chi connectivity index (χ1n) is 15.2. The number of nitrogens with one attached hydrogen (secondary N) is 3. The first kappa shape index (κ1) is 33.1. The van der Waals surface area contributed by atoms with Crippen LogP contribution in [-0.2, 0) is 47.0 Å². The van der Waals surface area contributed by atoms with E-state index >= 15 is 0 Å². The van der Waals surface area contributed by atoms with Gasteiger partial charge in [-0.25, -0.2) is 17.6 Å². The van der Waals surface area contributed by atoms with E-state index in [1.807, 2.05) is 0 Å². The fourth-order valence-electron chi connectivity index (χ4n) is 6.03. The molecular weight excluding hydrogens is 621 g/mol. The average molecular weight is 660 g/mol. The number of rotatable bonds is 11. The summed E-state index contributed by atoms with van der Waals surface area (Å²) in [5.41, 5.74) is -0.570. The number of likely N-dealkylation sites (tertiary alicyclic amines) is 1. The zero-order valence-electron chi connectivity index (χ0n) is 25.7. The third-order valence-corrected chi connectivity index (χ3v) is 10.8. The number of amides is 5. The molecule has 2 aliphatic heterocycles. The Morgan fingerprint density at radius 1 is 1.13 bits per heavy atom. The number of nitrogens with zero attached hydrogens (tertiary/aromatic N) is 2. The monoisotopic (exact) mass is 659 g/mol. The number of hydrogen-bond donors (Lipinski definition) is 3. The van der Waals surface area contributed by atoms with Gasteiger partial charge in [-0.3, -0.25) is 28.8 Å². The van der Waals surface area contributed by atoms with Crippen LogP contribution < -0.4 is 15.4 Å². The van der Waals surface area contributed by atoms with E-state index in [9.17, 15) is 36.8 Å². The highest BCUT2D eigenvalue weighted by Gasteiger charge is 2.62. The summed E-state index contributed by atoms with van der Waals surface area (Å²) in [6.45, 7) is 10.4. The molecule has 1 aromatic carbocycles. The van der Waals surface area contributed by atoms with Gasteiger partial charge in [0.25, 0.3) is 5.91 Å². The molecule has 2 aliphatic carbocycles. The van der Waals surface area contributed by atoms with Gasteiger partial charge < -0.3 is 20.3 Å². The van der Waals surface area contributed by atoms with Crippen molar-refractivity contribution in [1.29, 1.82) is 0 Å². The number of halogens is 1. The fraction of sp³-hybridized carbons (Fsp3) is 0.516. The molecule has 5 rings (SSSR count). The maximum atomic E-state index is 14.3. The molecule has 4 aliphatic rings. The Morgan fingerprint density at radius 3 is 2.43 bits per heavy atom. The number of hydrogen-bond acceptors (Lipinski definition) is 8. The van der Waals surface area contributed by atoms with Gasteiger partial charge in [-0.2, -0.15) is 0 Å². The van der Waals surface area contributed by atoms with Crippen LogP contribution in [0.1, 0.15) is 50.7 Å². The van der Waals surface area contributed by atoms with Crippen LogP contribution in [0.4, 0.5) is 9.18 Å². The second-order valence-corrected chi connectivity index (χ2v) is 14.6. The zero-order valence-corrected chi connectivity index (χ0v) is 26.5. The summed E-state index contributed by atoms with van der Waals surface area (Å²) in [5.74, 6) is -4.28. The molecule has 0 unspecified atom stereocenters. The Labute approximate surface area is 266 Å². The molecule has 0 bridgehead atoms. The predicted molar refractivity (Wildman–Crippen MR) is 162 cm³/mol. The summed E-state index contributed by atoms with van der Waals surface area (Å²) in [7, 11) is -3.91. The summed E-state index contributed by atoms with van der Waals surface area (Å²) in [6, 6.07) is 2.26. The molecule has 2 saturated carbocycles. The van der Waals surface area contributed by atoms with E-state index in [4.69, 9.17) is 4.74 Å². The number of benzene rings is 1. The zero-order chi connectivity index (χ0) is 33.6. The molecule has 5 amide bonds. The van der Waals surface area contributed by atoms with Crippen LogP contribution in [0, 0.1) is 17.7 Å². The van der Waals surface area contributed by atoms with Gasteiger partial charge in [-0.1, -0.05) is 38.6 Å². The van der Waals surface area contributed by atoms with E-state index in [0.717, 1.165) is 6.08 Å². The van der Waals surface area contributed by atoms with Gasteiger partial charge in [-0.15, -0.1) is 6.58 Å². The van der Waals surface area contributed by atoms with Gasteiger partial charge in [0.15, 0.2) is 0 Å². The minimum Gasteiger partial charge on any atom is -0.444 e. The molecule has 46 heavy (non-hydrogen) atoms. The Hall–Kier alpha value is -4.27. The average Bonchev–Trinajstić information content (AvgIpc) is 3.90. The molecule has 13 nitrogen and oxygen atoms in total.